The Balaban J connectivity index is 1.50. The number of carbonyl (C=O) groups excluding carboxylic acids is 1. The highest BCUT2D eigenvalue weighted by molar-refractivity contribution is 7.99. The van der Waals surface area contributed by atoms with E-state index in [1.54, 1.807) is 4.68 Å². The predicted molar refractivity (Wildman–Crippen MR) is 110 cm³/mol. The van der Waals surface area contributed by atoms with Crippen LogP contribution in [-0.2, 0) is 11.2 Å². The first-order valence-corrected chi connectivity index (χ1v) is 10.1. The number of hydrogen-bond acceptors (Lipinski definition) is 6. The van der Waals surface area contributed by atoms with Gasteiger partial charge in [0, 0.05) is 11.7 Å². The van der Waals surface area contributed by atoms with Gasteiger partial charge in [-0.1, -0.05) is 42.1 Å². The molecule has 0 saturated carbocycles. The van der Waals surface area contributed by atoms with Gasteiger partial charge in [0.25, 0.3) is 5.95 Å². The van der Waals surface area contributed by atoms with Crippen molar-refractivity contribution in [3.63, 3.8) is 0 Å². The molecule has 0 fully saturated rings. The standard InChI is InChI=1S/C19H25N7OS/c1-13(9-10-16-7-5-4-6-8-16)21-17(27)12-28-19-23-22-18(25(19)20)26-15(3)11-14(2)24-26/h4-8,11,13H,9-10,12,20H2,1-3H3,(H,21,27)/t13-/m1/s1. The number of carbonyl (C=O) groups is 1. The molecule has 0 unspecified atom stereocenters. The molecule has 148 valence electrons. The van der Waals surface area contributed by atoms with E-state index in [1.807, 2.05) is 45.0 Å². The minimum absolute atomic E-state index is 0.0544. The first-order valence-electron chi connectivity index (χ1n) is 9.14. The van der Waals surface area contributed by atoms with Gasteiger partial charge in [-0.15, -0.1) is 10.2 Å². The molecule has 0 bridgehead atoms. The number of nitrogens with two attached hydrogens (primary N) is 1. The maximum atomic E-state index is 12.2. The fraction of sp³-hybridized carbons (Fsp3) is 0.368. The van der Waals surface area contributed by atoms with E-state index >= 15 is 0 Å². The molecule has 0 aliphatic carbocycles. The van der Waals surface area contributed by atoms with Crippen LogP contribution in [0.4, 0.5) is 0 Å². The van der Waals surface area contributed by atoms with Crippen molar-refractivity contribution in [2.24, 2.45) is 0 Å². The van der Waals surface area contributed by atoms with Crippen molar-refractivity contribution in [1.82, 2.24) is 30.0 Å². The first-order chi connectivity index (χ1) is 13.4. The van der Waals surface area contributed by atoms with Crippen LogP contribution in [0.25, 0.3) is 5.95 Å². The van der Waals surface area contributed by atoms with Crippen molar-refractivity contribution < 1.29 is 4.79 Å². The average molecular weight is 400 g/mol. The zero-order valence-electron chi connectivity index (χ0n) is 16.3. The Bertz CT molecular complexity index is 935. The van der Waals surface area contributed by atoms with Gasteiger partial charge in [0.2, 0.25) is 11.1 Å². The third kappa shape index (κ3) is 4.92. The molecule has 1 aromatic carbocycles. The Morgan fingerprint density at radius 3 is 2.68 bits per heavy atom. The molecule has 2 aromatic heterocycles. The minimum atomic E-state index is -0.0544. The summed E-state index contributed by atoms with van der Waals surface area (Å²) in [4.78, 5) is 12.2. The lowest BCUT2D eigenvalue weighted by molar-refractivity contribution is -0.119. The van der Waals surface area contributed by atoms with Crippen LogP contribution in [0.15, 0.2) is 41.6 Å². The van der Waals surface area contributed by atoms with E-state index in [2.05, 4.69) is 32.7 Å². The second-order valence-electron chi connectivity index (χ2n) is 6.77. The number of nitrogens with one attached hydrogen (secondary N) is 1. The van der Waals surface area contributed by atoms with Crippen molar-refractivity contribution in [2.75, 3.05) is 11.6 Å². The Morgan fingerprint density at radius 1 is 1.25 bits per heavy atom. The summed E-state index contributed by atoms with van der Waals surface area (Å²) in [6, 6.07) is 12.3. The molecule has 0 saturated heterocycles. The molecule has 0 spiro atoms. The molecular formula is C19H25N7OS. The molecule has 0 aliphatic rings. The maximum Gasteiger partial charge on any atom is 0.271 e. The summed E-state index contributed by atoms with van der Waals surface area (Å²) in [5.41, 5.74) is 3.06. The van der Waals surface area contributed by atoms with E-state index in [-0.39, 0.29) is 17.7 Å². The second-order valence-corrected chi connectivity index (χ2v) is 7.72. The van der Waals surface area contributed by atoms with Crippen molar-refractivity contribution in [3.05, 3.63) is 53.3 Å². The van der Waals surface area contributed by atoms with Gasteiger partial charge < -0.3 is 11.2 Å². The van der Waals surface area contributed by atoms with Gasteiger partial charge in [0.05, 0.1) is 11.4 Å². The van der Waals surface area contributed by atoms with Gasteiger partial charge >= 0.3 is 0 Å². The highest BCUT2D eigenvalue weighted by Crippen LogP contribution is 2.17. The van der Waals surface area contributed by atoms with Crippen LogP contribution >= 0.6 is 11.8 Å². The highest BCUT2D eigenvalue weighted by atomic mass is 32.2. The molecule has 28 heavy (non-hydrogen) atoms. The molecule has 1 atom stereocenters. The summed E-state index contributed by atoms with van der Waals surface area (Å²) in [5.74, 6) is 6.68. The second kappa shape index (κ2) is 8.92. The number of aromatic nitrogens is 5. The number of aryl methyl sites for hydroxylation is 3. The Morgan fingerprint density at radius 2 is 2.00 bits per heavy atom. The number of benzene rings is 1. The molecule has 0 aliphatic heterocycles. The fourth-order valence-corrected chi connectivity index (χ4v) is 3.55. The topological polar surface area (TPSA) is 104 Å². The number of amides is 1. The first kappa shape index (κ1) is 19.9. The highest BCUT2D eigenvalue weighted by Gasteiger charge is 2.16. The summed E-state index contributed by atoms with van der Waals surface area (Å²) in [6.45, 7) is 5.84. The van der Waals surface area contributed by atoms with Crippen LogP contribution in [0.1, 0.15) is 30.3 Å². The Kier molecular flexibility index (Phi) is 6.35. The minimum Gasteiger partial charge on any atom is -0.353 e. The SMILES string of the molecule is Cc1cc(C)n(-c2nnc(SCC(=O)N[C@H](C)CCc3ccccc3)n2N)n1. The van der Waals surface area contributed by atoms with Crippen molar-refractivity contribution >= 4 is 17.7 Å². The summed E-state index contributed by atoms with van der Waals surface area (Å²) < 4.78 is 2.99. The molecule has 3 N–H and O–H groups in total. The van der Waals surface area contributed by atoms with Crippen molar-refractivity contribution in [1.29, 1.82) is 0 Å². The lowest BCUT2D eigenvalue weighted by Gasteiger charge is -2.13. The largest absolute Gasteiger partial charge is 0.353 e. The molecule has 2 heterocycles. The summed E-state index contributed by atoms with van der Waals surface area (Å²) in [7, 11) is 0. The third-order valence-electron chi connectivity index (χ3n) is 4.29. The van der Waals surface area contributed by atoms with Crippen LogP contribution in [0.2, 0.25) is 0 Å². The normalized spacial score (nSPS) is 12.1. The van der Waals surface area contributed by atoms with Crippen LogP contribution in [0, 0.1) is 13.8 Å². The van der Waals surface area contributed by atoms with Gasteiger partial charge in [-0.05, 0) is 45.2 Å². The van der Waals surface area contributed by atoms with E-state index in [0.717, 1.165) is 24.2 Å². The van der Waals surface area contributed by atoms with Gasteiger partial charge in [-0.25, -0.2) is 9.36 Å². The van der Waals surface area contributed by atoms with Crippen molar-refractivity contribution in [2.45, 2.75) is 44.8 Å². The zero-order chi connectivity index (χ0) is 20.1. The molecule has 9 heteroatoms. The van der Waals surface area contributed by atoms with Gasteiger partial charge in [0.1, 0.15) is 0 Å². The molecule has 1 amide bonds. The number of nitrogen functional groups attached to an aromatic ring is 1. The lowest BCUT2D eigenvalue weighted by atomic mass is 10.1. The number of rotatable bonds is 8. The van der Waals surface area contributed by atoms with E-state index in [0.29, 0.717) is 11.1 Å². The fourth-order valence-electron chi connectivity index (χ4n) is 2.89. The number of thioether (sulfide) groups is 1. The summed E-state index contributed by atoms with van der Waals surface area (Å²) in [6.07, 6.45) is 1.81. The molecule has 3 rings (SSSR count). The molecule has 3 aromatic rings. The molecular weight excluding hydrogens is 374 g/mol. The monoisotopic (exact) mass is 399 g/mol. The van der Waals surface area contributed by atoms with E-state index in [1.165, 1.54) is 22.0 Å². The average Bonchev–Trinajstić information content (AvgIpc) is 3.20. The number of nitrogens with zero attached hydrogens (tertiary/aromatic N) is 5. The summed E-state index contributed by atoms with van der Waals surface area (Å²) in [5, 5.41) is 16.0. The van der Waals surface area contributed by atoms with Crippen LogP contribution in [-0.4, -0.2) is 42.4 Å². The lowest BCUT2D eigenvalue weighted by Crippen LogP contribution is -2.34. The Hall–Kier alpha value is -2.81. The summed E-state index contributed by atoms with van der Waals surface area (Å²) >= 11 is 1.25. The van der Waals surface area contributed by atoms with Gasteiger partial charge in [-0.3, -0.25) is 4.79 Å². The number of hydrogen-bond donors (Lipinski definition) is 2. The molecule has 0 radical (unpaired) electrons. The van der Waals surface area contributed by atoms with E-state index in [9.17, 15) is 4.79 Å². The smallest absolute Gasteiger partial charge is 0.271 e. The predicted octanol–water partition coefficient (Wildman–Crippen LogP) is 2.02. The molecule has 8 nitrogen and oxygen atoms in total. The van der Waals surface area contributed by atoms with E-state index < -0.39 is 0 Å². The van der Waals surface area contributed by atoms with Gasteiger partial charge in [-0.2, -0.15) is 5.10 Å². The third-order valence-corrected chi connectivity index (χ3v) is 5.24. The zero-order valence-corrected chi connectivity index (χ0v) is 17.1. The van der Waals surface area contributed by atoms with Crippen molar-refractivity contribution in [3.8, 4) is 5.95 Å². The van der Waals surface area contributed by atoms with E-state index in [4.69, 9.17) is 5.84 Å². The Labute approximate surface area is 168 Å². The van der Waals surface area contributed by atoms with Crippen LogP contribution in [0.3, 0.4) is 0 Å². The van der Waals surface area contributed by atoms with Crippen LogP contribution < -0.4 is 11.2 Å². The van der Waals surface area contributed by atoms with Gasteiger partial charge in [0.15, 0.2) is 0 Å². The maximum absolute atomic E-state index is 12.2. The van der Waals surface area contributed by atoms with Crippen LogP contribution in [0.5, 0.6) is 0 Å². The quantitative estimate of drug-likeness (QED) is 0.444.